The number of benzene rings is 1. The van der Waals surface area contributed by atoms with Crippen LogP contribution in [0.5, 0.6) is 11.5 Å². The Balaban J connectivity index is 2.49. The van der Waals surface area contributed by atoms with Crippen LogP contribution in [0.15, 0.2) is 18.2 Å². The topological polar surface area (TPSA) is 85.9 Å². The van der Waals surface area contributed by atoms with Crippen LogP contribution in [-0.2, 0) is 14.3 Å². The van der Waals surface area contributed by atoms with Crippen LogP contribution in [0.4, 0.5) is 5.69 Å². The van der Waals surface area contributed by atoms with E-state index in [9.17, 15) is 9.59 Å². The van der Waals surface area contributed by atoms with Gasteiger partial charge in [-0.3, -0.25) is 9.59 Å². The predicted octanol–water partition coefficient (Wildman–Crippen LogP) is 1.19. The van der Waals surface area contributed by atoms with Crippen LogP contribution < -0.4 is 20.1 Å². The summed E-state index contributed by atoms with van der Waals surface area (Å²) in [7, 11) is 4.63. The van der Waals surface area contributed by atoms with Crippen molar-refractivity contribution in [3.8, 4) is 11.5 Å². The highest BCUT2D eigenvalue weighted by Crippen LogP contribution is 2.28. The fourth-order valence-electron chi connectivity index (χ4n) is 1.75. The maximum absolute atomic E-state index is 11.9. The number of carbonyl (C=O) groups excluding carboxylic acids is 2. The Hall–Kier alpha value is -2.28. The molecule has 1 aromatic rings. The van der Waals surface area contributed by atoms with E-state index < -0.39 is 5.91 Å². The van der Waals surface area contributed by atoms with Crippen molar-refractivity contribution in [2.24, 2.45) is 0 Å². The molecule has 0 aliphatic rings. The minimum absolute atomic E-state index is 0.248. The molecular weight excluding hydrogens is 288 g/mol. The maximum atomic E-state index is 11.9. The first-order chi connectivity index (χ1) is 10.6. The molecule has 0 aliphatic carbocycles. The number of nitrogens with one attached hydrogen (secondary N) is 2. The largest absolute Gasteiger partial charge is 0.497 e. The molecule has 0 bridgehead atoms. The van der Waals surface area contributed by atoms with Crippen LogP contribution >= 0.6 is 0 Å². The van der Waals surface area contributed by atoms with Crippen molar-refractivity contribution in [1.82, 2.24) is 5.32 Å². The normalized spacial score (nSPS) is 9.95. The lowest BCUT2D eigenvalue weighted by Crippen LogP contribution is -2.29. The number of hydrogen-bond acceptors (Lipinski definition) is 5. The van der Waals surface area contributed by atoms with E-state index in [1.165, 1.54) is 7.11 Å². The minimum Gasteiger partial charge on any atom is -0.497 e. The van der Waals surface area contributed by atoms with Gasteiger partial charge >= 0.3 is 0 Å². The summed E-state index contributed by atoms with van der Waals surface area (Å²) in [5, 5.41) is 5.29. The molecule has 0 atom stereocenters. The van der Waals surface area contributed by atoms with Gasteiger partial charge in [-0.15, -0.1) is 0 Å². The molecule has 22 heavy (non-hydrogen) atoms. The monoisotopic (exact) mass is 310 g/mol. The summed E-state index contributed by atoms with van der Waals surface area (Å²) in [6.45, 7) is 1.04. The second kappa shape index (κ2) is 9.62. The lowest BCUT2D eigenvalue weighted by molar-refractivity contribution is -0.126. The average molecular weight is 310 g/mol. The summed E-state index contributed by atoms with van der Waals surface area (Å²) >= 11 is 0. The van der Waals surface area contributed by atoms with Crippen LogP contribution in [0, 0.1) is 0 Å². The van der Waals surface area contributed by atoms with Crippen molar-refractivity contribution < 1.29 is 23.8 Å². The molecule has 0 heterocycles. The zero-order chi connectivity index (χ0) is 16.4. The number of amides is 2. The SMILES string of the molecule is COCCCNC(=O)CC(=O)Nc1ccc(OC)cc1OC. The molecule has 1 aromatic carbocycles. The van der Waals surface area contributed by atoms with Crippen molar-refractivity contribution in [1.29, 1.82) is 0 Å². The number of rotatable bonds is 9. The zero-order valence-electron chi connectivity index (χ0n) is 13.1. The van der Waals surface area contributed by atoms with E-state index >= 15 is 0 Å². The van der Waals surface area contributed by atoms with Crippen molar-refractivity contribution in [3.63, 3.8) is 0 Å². The number of methoxy groups -OCH3 is 3. The third-order valence-corrected chi connectivity index (χ3v) is 2.85. The molecule has 1 rings (SSSR count). The van der Waals surface area contributed by atoms with E-state index in [1.807, 2.05) is 0 Å². The van der Waals surface area contributed by atoms with Crippen LogP contribution in [0.1, 0.15) is 12.8 Å². The van der Waals surface area contributed by atoms with Crippen molar-refractivity contribution in [3.05, 3.63) is 18.2 Å². The predicted molar refractivity (Wildman–Crippen MR) is 82.3 cm³/mol. The number of hydrogen-bond donors (Lipinski definition) is 2. The van der Waals surface area contributed by atoms with Crippen molar-refractivity contribution >= 4 is 17.5 Å². The van der Waals surface area contributed by atoms with E-state index in [0.29, 0.717) is 36.8 Å². The van der Waals surface area contributed by atoms with Gasteiger partial charge in [0.05, 0.1) is 19.9 Å². The van der Waals surface area contributed by atoms with Crippen LogP contribution in [0.2, 0.25) is 0 Å². The molecule has 0 unspecified atom stereocenters. The third kappa shape index (κ3) is 6.01. The van der Waals surface area contributed by atoms with Crippen LogP contribution in [-0.4, -0.2) is 46.3 Å². The second-order valence-corrected chi connectivity index (χ2v) is 4.49. The summed E-state index contributed by atoms with van der Waals surface area (Å²) in [5.41, 5.74) is 0.487. The van der Waals surface area contributed by atoms with Crippen molar-refractivity contribution in [2.45, 2.75) is 12.8 Å². The summed E-state index contributed by atoms with van der Waals surface area (Å²) in [6, 6.07) is 5.01. The van der Waals surface area contributed by atoms with Gasteiger partial charge < -0.3 is 24.8 Å². The molecule has 0 saturated heterocycles. The Bertz CT molecular complexity index is 505. The fourth-order valence-corrected chi connectivity index (χ4v) is 1.75. The summed E-state index contributed by atoms with van der Waals surface area (Å²) in [4.78, 5) is 23.4. The second-order valence-electron chi connectivity index (χ2n) is 4.49. The first-order valence-corrected chi connectivity index (χ1v) is 6.88. The third-order valence-electron chi connectivity index (χ3n) is 2.85. The Morgan fingerprint density at radius 3 is 2.50 bits per heavy atom. The highest BCUT2D eigenvalue weighted by Gasteiger charge is 2.12. The van der Waals surface area contributed by atoms with Gasteiger partial charge in [-0.25, -0.2) is 0 Å². The molecule has 2 amide bonds. The van der Waals surface area contributed by atoms with Gasteiger partial charge in [-0.05, 0) is 18.6 Å². The fraction of sp³-hybridized carbons (Fsp3) is 0.467. The maximum Gasteiger partial charge on any atom is 0.233 e. The standard InChI is InChI=1S/C15H22N2O5/c1-20-8-4-7-16-14(18)10-15(19)17-12-6-5-11(21-2)9-13(12)22-3/h5-6,9H,4,7-8,10H2,1-3H3,(H,16,18)(H,17,19). The molecule has 0 saturated carbocycles. The molecule has 7 nitrogen and oxygen atoms in total. The summed E-state index contributed by atoms with van der Waals surface area (Å²) < 4.78 is 15.1. The minimum atomic E-state index is -0.410. The van der Waals surface area contributed by atoms with E-state index in [-0.39, 0.29) is 12.3 Å². The summed E-state index contributed by atoms with van der Waals surface area (Å²) in [6.07, 6.45) is 0.457. The summed E-state index contributed by atoms with van der Waals surface area (Å²) in [5.74, 6) is 0.340. The molecule has 0 aromatic heterocycles. The highest BCUT2D eigenvalue weighted by molar-refractivity contribution is 6.04. The van der Waals surface area contributed by atoms with Gasteiger partial charge in [0.25, 0.3) is 0 Å². The van der Waals surface area contributed by atoms with E-state index in [4.69, 9.17) is 14.2 Å². The zero-order valence-corrected chi connectivity index (χ0v) is 13.1. The van der Waals surface area contributed by atoms with Gasteiger partial charge in [-0.1, -0.05) is 0 Å². The van der Waals surface area contributed by atoms with Crippen LogP contribution in [0.3, 0.4) is 0 Å². The first-order valence-electron chi connectivity index (χ1n) is 6.88. The Morgan fingerprint density at radius 2 is 1.86 bits per heavy atom. The molecule has 2 N–H and O–H groups in total. The van der Waals surface area contributed by atoms with E-state index in [0.717, 1.165) is 0 Å². The lowest BCUT2D eigenvalue weighted by Gasteiger charge is -2.11. The van der Waals surface area contributed by atoms with E-state index in [2.05, 4.69) is 10.6 Å². The quantitative estimate of drug-likeness (QED) is 0.528. The van der Waals surface area contributed by atoms with Gasteiger partial charge in [0.15, 0.2) is 0 Å². The van der Waals surface area contributed by atoms with E-state index in [1.54, 1.807) is 32.4 Å². The Kier molecular flexibility index (Phi) is 7.77. The number of carbonyl (C=O) groups is 2. The highest BCUT2D eigenvalue weighted by atomic mass is 16.5. The molecule has 0 aliphatic heterocycles. The lowest BCUT2D eigenvalue weighted by atomic mass is 10.2. The molecule has 0 spiro atoms. The Morgan fingerprint density at radius 1 is 1.09 bits per heavy atom. The number of anilines is 1. The molecule has 0 fully saturated rings. The van der Waals surface area contributed by atoms with Crippen LogP contribution in [0.25, 0.3) is 0 Å². The Labute approximate surface area is 129 Å². The first kappa shape index (κ1) is 17.8. The van der Waals surface area contributed by atoms with Gasteiger partial charge in [0.1, 0.15) is 17.9 Å². The average Bonchev–Trinajstić information content (AvgIpc) is 2.51. The van der Waals surface area contributed by atoms with Gasteiger partial charge in [0, 0.05) is 26.3 Å². The molecule has 7 heteroatoms. The van der Waals surface area contributed by atoms with Gasteiger partial charge in [0.2, 0.25) is 11.8 Å². The van der Waals surface area contributed by atoms with Gasteiger partial charge in [-0.2, -0.15) is 0 Å². The number of ether oxygens (including phenoxy) is 3. The van der Waals surface area contributed by atoms with Crippen molar-refractivity contribution in [2.75, 3.05) is 39.8 Å². The molecular formula is C15H22N2O5. The smallest absolute Gasteiger partial charge is 0.233 e. The molecule has 0 radical (unpaired) electrons. The molecule has 122 valence electrons.